The number of aromatic amines is 1. The van der Waals surface area contributed by atoms with E-state index < -0.39 is 0 Å². The first kappa shape index (κ1) is 16.5. The topological polar surface area (TPSA) is 48.5 Å². The van der Waals surface area contributed by atoms with Crippen molar-refractivity contribution in [3.8, 4) is 0 Å². The normalized spacial score (nSPS) is 22.5. The molecule has 2 N–H and O–H groups in total. The van der Waals surface area contributed by atoms with Gasteiger partial charge in [-0.15, -0.1) is 0 Å². The van der Waals surface area contributed by atoms with Crippen molar-refractivity contribution in [3.05, 3.63) is 35.5 Å². The van der Waals surface area contributed by atoms with E-state index in [4.69, 9.17) is 4.74 Å². The molecule has 0 bridgehead atoms. The Morgan fingerprint density at radius 1 is 1.30 bits per heavy atom. The highest BCUT2D eigenvalue weighted by Gasteiger charge is 2.42. The second-order valence-electron chi connectivity index (χ2n) is 7.03. The summed E-state index contributed by atoms with van der Waals surface area (Å²) in [4.78, 5) is 5.81. The maximum atomic E-state index is 9.56. The average molecular weight is 316 g/mol. The molecule has 1 aliphatic rings. The molecule has 23 heavy (non-hydrogen) atoms. The van der Waals surface area contributed by atoms with Crippen LogP contribution < -0.4 is 0 Å². The quantitative estimate of drug-likeness (QED) is 0.861. The van der Waals surface area contributed by atoms with Gasteiger partial charge in [-0.3, -0.25) is 0 Å². The number of aliphatic hydroxyl groups excluding tert-OH is 1. The van der Waals surface area contributed by atoms with Gasteiger partial charge in [0.1, 0.15) is 5.60 Å². The molecular weight excluding hydrogens is 288 g/mol. The van der Waals surface area contributed by atoms with Crippen molar-refractivity contribution < 1.29 is 9.84 Å². The zero-order chi connectivity index (χ0) is 16.4. The average Bonchev–Trinajstić information content (AvgIpc) is 2.92. The van der Waals surface area contributed by atoms with Gasteiger partial charge in [-0.25, -0.2) is 0 Å². The van der Waals surface area contributed by atoms with Crippen LogP contribution in [0.2, 0.25) is 0 Å². The molecule has 4 nitrogen and oxygen atoms in total. The maximum Gasteiger partial charge on any atom is 0.108 e. The first-order chi connectivity index (χ1) is 11.1. The van der Waals surface area contributed by atoms with E-state index in [1.54, 1.807) is 0 Å². The third-order valence-electron chi connectivity index (χ3n) is 5.25. The highest BCUT2D eigenvalue weighted by Crippen LogP contribution is 2.43. The number of rotatable bonds is 6. The van der Waals surface area contributed by atoms with Crippen LogP contribution in [-0.4, -0.2) is 48.8 Å². The number of hydrogen-bond donors (Lipinski definition) is 2. The highest BCUT2D eigenvalue weighted by atomic mass is 16.5. The smallest absolute Gasteiger partial charge is 0.108 e. The molecular formula is C19H28N2O2. The van der Waals surface area contributed by atoms with E-state index in [-0.39, 0.29) is 12.2 Å². The lowest BCUT2D eigenvalue weighted by atomic mass is 9.78. The van der Waals surface area contributed by atoms with E-state index in [1.165, 1.54) is 22.2 Å². The van der Waals surface area contributed by atoms with E-state index in [0.29, 0.717) is 5.92 Å². The molecule has 126 valence electrons. The first-order valence-corrected chi connectivity index (χ1v) is 8.56. The number of aromatic nitrogens is 1. The summed E-state index contributed by atoms with van der Waals surface area (Å²) in [5, 5.41) is 10.9. The second-order valence-corrected chi connectivity index (χ2v) is 7.03. The Morgan fingerprint density at radius 3 is 2.83 bits per heavy atom. The molecule has 0 radical (unpaired) electrons. The molecule has 0 fully saturated rings. The predicted octanol–water partition coefficient (Wildman–Crippen LogP) is 2.91. The Hall–Kier alpha value is -1.36. The number of nitrogens with zero attached hydrogens (tertiary/aromatic N) is 1. The van der Waals surface area contributed by atoms with E-state index in [1.807, 2.05) is 0 Å². The molecule has 2 aromatic rings. The van der Waals surface area contributed by atoms with Crippen LogP contribution in [0, 0.1) is 5.92 Å². The van der Waals surface area contributed by atoms with E-state index >= 15 is 0 Å². The maximum absolute atomic E-state index is 9.56. The molecule has 0 saturated carbocycles. The number of ether oxygens (including phenoxy) is 1. The predicted molar refractivity (Wildman–Crippen MR) is 93.7 cm³/mol. The van der Waals surface area contributed by atoms with Crippen molar-refractivity contribution in [3.63, 3.8) is 0 Å². The van der Waals surface area contributed by atoms with E-state index in [2.05, 4.69) is 55.2 Å². The van der Waals surface area contributed by atoms with Crippen molar-refractivity contribution in [2.24, 2.45) is 5.92 Å². The lowest BCUT2D eigenvalue weighted by Gasteiger charge is -2.41. The van der Waals surface area contributed by atoms with Gasteiger partial charge in [-0.05, 0) is 64.4 Å². The molecule has 2 unspecified atom stereocenters. The molecule has 3 rings (SSSR count). The fourth-order valence-corrected chi connectivity index (χ4v) is 3.91. The highest BCUT2D eigenvalue weighted by molar-refractivity contribution is 5.85. The minimum Gasteiger partial charge on any atom is -0.396 e. The van der Waals surface area contributed by atoms with Crippen molar-refractivity contribution in [1.29, 1.82) is 0 Å². The van der Waals surface area contributed by atoms with Gasteiger partial charge in [-0.2, -0.15) is 0 Å². The van der Waals surface area contributed by atoms with Crippen LogP contribution in [0.15, 0.2) is 24.3 Å². The molecule has 0 amide bonds. The lowest BCUT2D eigenvalue weighted by molar-refractivity contribution is -0.0995. The van der Waals surface area contributed by atoms with Gasteiger partial charge in [-0.1, -0.05) is 18.2 Å². The zero-order valence-corrected chi connectivity index (χ0v) is 14.4. The third-order valence-corrected chi connectivity index (χ3v) is 5.25. The summed E-state index contributed by atoms with van der Waals surface area (Å²) in [6, 6.07) is 8.49. The summed E-state index contributed by atoms with van der Waals surface area (Å²) in [7, 11) is 4.18. The first-order valence-electron chi connectivity index (χ1n) is 8.56. The van der Waals surface area contributed by atoms with Crippen molar-refractivity contribution in [1.82, 2.24) is 9.88 Å². The molecule has 0 spiro atoms. The number of fused-ring (bicyclic) bond motifs is 3. The minimum atomic E-state index is -0.356. The van der Waals surface area contributed by atoms with Gasteiger partial charge < -0.3 is 19.7 Å². The molecule has 0 aliphatic carbocycles. The van der Waals surface area contributed by atoms with Crippen LogP contribution in [0.5, 0.6) is 0 Å². The second kappa shape index (κ2) is 6.63. The van der Waals surface area contributed by atoms with Crippen LogP contribution in [0.1, 0.15) is 31.0 Å². The standard InChI is InChI=1S/C19H28N2O2/c1-19(14(9-12-22)8-11-21(2)3)18-16(10-13-23-19)15-6-4-5-7-17(15)20-18/h4-7,14,20,22H,8-13H2,1-3H3. The summed E-state index contributed by atoms with van der Waals surface area (Å²) in [5.41, 5.74) is 3.43. The fourth-order valence-electron chi connectivity index (χ4n) is 3.91. The summed E-state index contributed by atoms with van der Waals surface area (Å²) in [6.45, 7) is 4.14. The molecule has 1 aromatic carbocycles. The van der Waals surface area contributed by atoms with Gasteiger partial charge in [0.15, 0.2) is 0 Å². The largest absolute Gasteiger partial charge is 0.396 e. The zero-order valence-electron chi connectivity index (χ0n) is 14.4. The number of aliphatic hydroxyl groups is 1. The van der Waals surface area contributed by atoms with Crippen LogP contribution >= 0.6 is 0 Å². The lowest BCUT2D eigenvalue weighted by Crippen LogP contribution is -2.41. The third kappa shape index (κ3) is 3.03. The van der Waals surface area contributed by atoms with Crippen molar-refractivity contribution in [2.45, 2.75) is 31.8 Å². The molecule has 2 heterocycles. The van der Waals surface area contributed by atoms with Crippen molar-refractivity contribution >= 4 is 10.9 Å². The minimum absolute atomic E-state index is 0.201. The van der Waals surface area contributed by atoms with Crippen LogP contribution in [0.25, 0.3) is 10.9 Å². The molecule has 2 atom stereocenters. The Morgan fingerprint density at radius 2 is 2.09 bits per heavy atom. The van der Waals surface area contributed by atoms with Crippen LogP contribution in [0.4, 0.5) is 0 Å². The summed E-state index contributed by atoms with van der Waals surface area (Å²) < 4.78 is 6.31. The van der Waals surface area contributed by atoms with Gasteiger partial charge in [0, 0.05) is 17.5 Å². The van der Waals surface area contributed by atoms with Crippen molar-refractivity contribution in [2.75, 3.05) is 33.9 Å². The fraction of sp³-hybridized carbons (Fsp3) is 0.579. The molecule has 0 saturated heterocycles. The van der Waals surface area contributed by atoms with E-state index in [9.17, 15) is 5.11 Å². The number of para-hydroxylation sites is 1. The number of benzene rings is 1. The van der Waals surface area contributed by atoms with Gasteiger partial charge in [0.2, 0.25) is 0 Å². The number of hydrogen-bond acceptors (Lipinski definition) is 3. The van der Waals surface area contributed by atoms with Gasteiger partial charge in [0.05, 0.1) is 12.3 Å². The SMILES string of the molecule is CN(C)CCC(CCO)C1(C)OCCc2c1[nH]c1ccccc21. The summed E-state index contributed by atoms with van der Waals surface area (Å²) in [6.07, 6.45) is 2.73. The Bertz CT molecular complexity index is 664. The van der Waals surface area contributed by atoms with Gasteiger partial charge >= 0.3 is 0 Å². The molecule has 1 aromatic heterocycles. The molecule has 1 aliphatic heterocycles. The monoisotopic (exact) mass is 316 g/mol. The van der Waals surface area contributed by atoms with Crippen LogP contribution in [-0.2, 0) is 16.8 Å². The Balaban J connectivity index is 2.00. The number of H-pyrrole nitrogens is 1. The summed E-state index contributed by atoms with van der Waals surface area (Å²) in [5.74, 6) is 0.294. The van der Waals surface area contributed by atoms with Gasteiger partial charge in [0.25, 0.3) is 0 Å². The van der Waals surface area contributed by atoms with Crippen LogP contribution in [0.3, 0.4) is 0 Å². The van der Waals surface area contributed by atoms with E-state index in [0.717, 1.165) is 32.4 Å². The summed E-state index contributed by atoms with van der Waals surface area (Å²) >= 11 is 0. The Labute approximate surface area is 138 Å². The molecule has 4 heteroatoms. The number of nitrogens with one attached hydrogen (secondary N) is 1. The Kier molecular flexibility index (Phi) is 4.76.